The second kappa shape index (κ2) is 4.12. The second-order valence-electron chi connectivity index (χ2n) is 2.71. The Labute approximate surface area is 86.5 Å². The van der Waals surface area contributed by atoms with Crippen LogP contribution in [0.4, 0.5) is 0 Å². The van der Waals surface area contributed by atoms with Gasteiger partial charge in [0, 0.05) is 18.5 Å². The van der Waals surface area contributed by atoms with E-state index in [1.165, 1.54) is 0 Å². The minimum absolute atomic E-state index is 0.548. The molecule has 2 aromatic heterocycles. The SMILES string of the molecule is ClCCC#Cc1cnc2[nH]ccc2n1. The van der Waals surface area contributed by atoms with Crippen molar-refractivity contribution >= 4 is 22.8 Å². The van der Waals surface area contributed by atoms with Crippen molar-refractivity contribution in [3.63, 3.8) is 0 Å². The van der Waals surface area contributed by atoms with Crippen LogP contribution in [0.1, 0.15) is 12.1 Å². The summed E-state index contributed by atoms with van der Waals surface area (Å²) < 4.78 is 0. The molecule has 14 heavy (non-hydrogen) atoms. The van der Waals surface area contributed by atoms with E-state index >= 15 is 0 Å². The van der Waals surface area contributed by atoms with Gasteiger partial charge in [-0.1, -0.05) is 5.92 Å². The molecule has 0 radical (unpaired) electrons. The summed E-state index contributed by atoms with van der Waals surface area (Å²) in [7, 11) is 0. The standard InChI is InChI=1S/C10H8ClN3/c11-5-2-1-3-8-7-13-10-9(14-8)4-6-12-10/h4,6-7H,2,5H2,(H,12,13). The lowest BCUT2D eigenvalue weighted by atomic mass is 10.4. The van der Waals surface area contributed by atoms with Crippen molar-refractivity contribution in [1.82, 2.24) is 15.0 Å². The zero-order chi connectivity index (χ0) is 9.80. The highest BCUT2D eigenvalue weighted by Crippen LogP contribution is 2.05. The highest BCUT2D eigenvalue weighted by molar-refractivity contribution is 6.18. The number of hydrogen-bond acceptors (Lipinski definition) is 2. The fourth-order valence-electron chi connectivity index (χ4n) is 1.09. The van der Waals surface area contributed by atoms with Crippen LogP contribution in [0, 0.1) is 11.8 Å². The topological polar surface area (TPSA) is 41.6 Å². The number of aromatic nitrogens is 3. The average molecular weight is 206 g/mol. The molecular weight excluding hydrogens is 198 g/mol. The summed E-state index contributed by atoms with van der Waals surface area (Å²) >= 11 is 5.50. The summed E-state index contributed by atoms with van der Waals surface area (Å²) in [5.74, 6) is 6.37. The summed E-state index contributed by atoms with van der Waals surface area (Å²) in [4.78, 5) is 11.4. The number of fused-ring (bicyclic) bond motifs is 1. The van der Waals surface area contributed by atoms with Crippen LogP contribution in [0.15, 0.2) is 18.5 Å². The summed E-state index contributed by atoms with van der Waals surface area (Å²) in [5, 5.41) is 0. The van der Waals surface area contributed by atoms with E-state index in [-0.39, 0.29) is 0 Å². The minimum atomic E-state index is 0.548. The van der Waals surface area contributed by atoms with E-state index in [9.17, 15) is 0 Å². The normalized spacial score (nSPS) is 9.79. The average Bonchev–Trinajstić information content (AvgIpc) is 2.65. The Balaban J connectivity index is 2.31. The summed E-state index contributed by atoms with van der Waals surface area (Å²) in [6.45, 7) is 0. The van der Waals surface area contributed by atoms with Gasteiger partial charge in [0.25, 0.3) is 0 Å². The third-order valence-electron chi connectivity index (χ3n) is 1.70. The maximum Gasteiger partial charge on any atom is 0.156 e. The number of rotatable bonds is 1. The van der Waals surface area contributed by atoms with Gasteiger partial charge in [-0.3, -0.25) is 0 Å². The predicted octanol–water partition coefficient (Wildman–Crippen LogP) is 1.94. The van der Waals surface area contributed by atoms with Crippen LogP contribution in [-0.2, 0) is 0 Å². The van der Waals surface area contributed by atoms with E-state index in [0.29, 0.717) is 18.0 Å². The van der Waals surface area contributed by atoms with Crippen molar-refractivity contribution in [1.29, 1.82) is 0 Å². The minimum Gasteiger partial charge on any atom is -0.345 e. The van der Waals surface area contributed by atoms with Gasteiger partial charge in [0.05, 0.1) is 6.20 Å². The number of halogens is 1. The monoisotopic (exact) mass is 205 g/mol. The van der Waals surface area contributed by atoms with Gasteiger partial charge in [0.15, 0.2) is 5.65 Å². The number of nitrogens with zero attached hydrogens (tertiary/aromatic N) is 2. The van der Waals surface area contributed by atoms with Crippen LogP contribution in [0.25, 0.3) is 11.2 Å². The molecule has 0 aliphatic carbocycles. The van der Waals surface area contributed by atoms with Crippen molar-refractivity contribution in [2.75, 3.05) is 5.88 Å². The molecule has 0 aromatic carbocycles. The molecule has 2 rings (SSSR count). The lowest BCUT2D eigenvalue weighted by Crippen LogP contribution is -1.85. The van der Waals surface area contributed by atoms with Crippen LogP contribution in [-0.4, -0.2) is 20.8 Å². The Morgan fingerprint density at radius 3 is 3.29 bits per heavy atom. The first-order chi connectivity index (χ1) is 6.90. The van der Waals surface area contributed by atoms with Gasteiger partial charge in [-0.05, 0) is 12.0 Å². The zero-order valence-corrected chi connectivity index (χ0v) is 8.17. The van der Waals surface area contributed by atoms with Crippen molar-refractivity contribution in [2.45, 2.75) is 6.42 Å². The van der Waals surface area contributed by atoms with E-state index in [0.717, 1.165) is 11.2 Å². The fraction of sp³-hybridized carbons (Fsp3) is 0.200. The molecule has 0 fully saturated rings. The first-order valence-electron chi connectivity index (χ1n) is 4.25. The van der Waals surface area contributed by atoms with E-state index in [1.54, 1.807) is 12.4 Å². The van der Waals surface area contributed by atoms with Crippen molar-refractivity contribution in [3.05, 3.63) is 24.2 Å². The second-order valence-corrected chi connectivity index (χ2v) is 3.09. The Kier molecular flexibility index (Phi) is 2.66. The molecule has 0 amide bonds. The number of nitrogens with one attached hydrogen (secondary N) is 1. The largest absolute Gasteiger partial charge is 0.345 e. The molecular formula is C10H8ClN3. The molecule has 2 heterocycles. The third-order valence-corrected chi connectivity index (χ3v) is 1.89. The predicted molar refractivity (Wildman–Crippen MR) is 56.1 cm³/mol. The van der Waals surface area contributed by atoms with Crippen molar-refractivity contribution in [3.8, 4) is 11.8 Å². The summed E-state index contributed by atoms with van der Waals surface area (Å²) in [6.07, 6.45) is 4.13. The van der Waals surface area contributed by atoms with E-state index in [4.69, 9.17) is 11.6 Å². The van der Waals surface area contributed by atoms with E-state index in [2.05, 4.69) is 26.8 Å². The zero-order valence-electron chi connectivity index (χ0n) is 7.42. The Hall–Kier alpha value is -1.53. The molecule has 4 heteroatoms. The smallest absolute Gasteiger partial charge is 0.156 e. The summed E-state index contributed by atoms with van der Waals surface area (Å²) in [6, 6.07) is 1.87. The third kappa shape index (κ3) is 1.86. The van der Waals surface area contributed by atoms with Crippen molar-refractivity contribution < 1.29 is 0 Å². The van der Waals surface area contributed by atoms with Gasteiger partial charge in [0.2, 0.25) is 0 Å². The molecule has 70 valence electrons. The van der Waals surface area contributed by atoms with Crippen LogP contribution < -0.4 is 0 Å². The fourth-order valence-corrected chi connectivity index (χ4v) is 1.19. The maximum atomic E-state index is 5.50. The lowest BCUT2D eigenvalue weighted by molar-refractivity contribution is 1.23. The molecule has 0 aliphatic rings. The Morgan fingerprint density at radius 2 is 2.43 bits per heavy atom. The first-order valence-corrected chi connectivity index (χ1v) is 4.78. The molecule has 0 atom stereocenters. The van der Waals surface area contributed by atoms with Gasteiger partial charge in [0.1, 0.15) is 11.2 Å². The van der Waals surface area contributed by atoms with Crippen LogP contribution >= 0.6 is 11.6 Å². The molecule has 0 unspecified atom stereocenters. The van der Waals surface area contributed by atoms with Crippen LogP contribution in [0.2, 0.25) is 0 Å². The molecule has 3 nitrogen and oxygen atoms in total. The van der Waals surface area contributed by atoms with Crippen molar-refractivity contribution in [2.24, 2.45) is 0 Å². The molecule has 0 saturated carbocycles. The Bertz CT molecular complexity index is 493. The molecule has 1 N–H and O–H groups in total. The number of alkyl halides is 1. The molecule has 2 aromatic rings. The highest BCUT2D eigenvalue weighted by atomic mass is 35.5. The molecule has 0 bridgehead atoms. The maximum absolute atomic E-state index is 5.50. The van der Waals surface area contributed by atoms with E-state index < -0.39 is 0 Å². The number of H-pyrrole nitrogens is 1. The van der Waals surface area contributed by atoms with Gasteiger partial charge < -0.3 is 4.98 Å². The van der Waals surface area contributed by atoms with Crippen LogP contribution in [0.3, 0.4) is 0 Å². The molecule has 0 spiro atoms. The summed E-state index contributed by atoms with van der Waals surface area (Å²) in [5.41, 5.74) is 2.30. The quantitative estimate of drug-likeness (QED) is 0.571. The van der Waals surface area contributed by atoms with Gasteiger partial charge >= 0.3 is 0 Å². The van der Waals surface area contributed by atoms with E-state index in [1.807, 2.05) is 6.07 Å². The Morgan fingerprint density at radius 1 is 1.50 bits per heavy atom. The van der Waals surface area contributed by atoms with Crippen LogP contribution in [0.5, 0.6) is 0 Å². The van der Waals surface area contributed by atoms with Gasteiger partial charge in [-0.15, -0.1) is 11.6 Å². The highest BCUT2D eigenvalue weighted by Gasteiger charge is 1.96. The van der Waals surface area contributed by atoms with Gasteiger partial charge in [-0.2, -0.15) is 0 Å². The van der Waals surface area contributed by atoms with Gasteiger partial charge in [-0.25, -0.2) is 9.97 Å². The molecule has 0 aliphatic heterocycles. The lowest BCUT2D eigenvalue weighted by Gasteiger charge is -1.89. The number of hydrogen-bond donors (Lipinski definition) is 1. The number of aromatic amines is 1. The molecule has 0 saturated heterocycles. The first kappa shape index (κ1) is 9.04.